The normalized spacial score (nSPS) is 26.3. The topological polar surface area (TPSA) is 26.3 Å². The van der Waals surface area contributed by atoms with E-state index >= 15 is 0 Å². The molecule has 2 aliphatic carbocycles. The molecule has 31 heavy (non-hydrogen) atoms. The molecule has 2 fully saturated rings. The number of hydrogen-bond acceptors (Lipinski definition) is 2. The Bertz CT molecular complexity index is 748. The van der Waals surface area contributed by atoms with Crippen molar-refractivity contribution < 1.29 is 9.53 Å². The van der Waals surface area contributed by atoms with Crippen LogP contribution in [0.25, 0.3) is 0 Å². The standard InChI is InChI=1S/C29H40O2/c1-3-7-23-11-13-25(14-12-23)9-5-6-10-26-17-21-28(22-18-26)31-29(30)27-19-15-24(8-4-2)16-20-27/h5,9,17-18,21-25,27H,3-4,7-8,11-16,19-20H2,1-2H3. The third-order valence-corrected chi connectivity index (χ3v) is 7.21. The molecule has 2 heteroatoms. The summed E-state index contributed by atoms with van der Waals surface area (Å²) in [6, 6.07) is 7.61. The van der Waals surface area contributed by atoms with Crippen molar-refractivity contribution in [1.82, 2.24) is 0 Å². The lowest BCUT2D eigenvalue weighted by atomic mass is 9.80. The second kappa shape index (κ2) is 12.7. The first kappa shape index (κ1) is 23.6. The molecule has 0 radical (unpaired) electrons. The molecule has 168 valence electrons. The summed E-state index contributed by atoms with van der Waals surface area (Å²) in [6.07, 6.45) is 19.2. The smallest absolute Gasteiger partial charge is 0.314 e. The Morgan fingerprint density at radius 2 is 1.48 bits per heavy atom. The summed E-state index contributed by atoms with van der Waals surface area (Å²) in [7, 11) is 0. The third kappa shape index (κ3) is 7.88. The van der Waals surface area contributed by atoms with Gasteiger partial charge in [-0.05, 0) is 99.5 Å². The van der Waals surface area contributed by atoms with Crippen molar-refractivity contribution in [2.24, 2.45) is 23.7 Å². The van der Waals surface area contributed by atoms with E-state index in [1.807, 2.05) is 30.3 Å². The van der Waals surface area contributed by atoms with Gasteiger partial charge >= 0.3 is 5.97 Å². The fraction of sp³-hybridized carbons (Fsp3) is 0.621. The summed E-state index contributed by atoms with van der Waals surface area (Å²) < 4.78 is 5.63. The van der Waals surface area contributed by atoms with Crippen LogP contribution in [-0.2, 0) is 4.79 Å². The lowest BCUT2D eigenvalue weighted by Crippen LogP contribution is -2.25. The number of rotatable bonds is 7. The molecule has 0 amide bonds. The Morgan fingerprint density at radius 1 is 0.903 bits per heavy atom. The molecule has 1 aromatic carbocycles. The number of esters is 1. The minimum Gasteiger partial charge on any atom is -0.426 e. The number of hydrogen-bond donors (Lipinski definition) is 0. The molecule has 2 aliphatic rings. The van der Waals surface area contributed by atoms with E-state index < -0.39 is 0 Å². The number of carbonyl (C=O) groups is 1. The molecule has 3 rings (SSSR count). The Balaban J connectivity index is 1.41. The maximum atomic E-state index is 12.5. The van der Waals surface area contributed by atoms with Gasteiger partial charge in [0.05, 0.1) is 5.92 Å². The monoisotopic (exact) mass is 420 g/mol. The molecule has 2 nitrogen and oxygen atoms in total. The molecule has 1 aromatic rings. The summed E-state index contributed by atoms with van der Waals surface area (Å²) in [4.78, 5) is 12.5. The van der Waals surface area contributed by atoms with Crippen LogP contribution in [0.4, 0.5) is 0 Å². The zero-order valence-electron chi connectivity index (χ0n) is 19.6. The number of ether oxygens (including phenoxy) is 1. The van der Waals surface area contributed by atoms with Crippen LogP contribution >= 0.6 is 0 Å². The van der Waals surface area contributed by atoms with E-state index in [0.717, 1.165) is 43.1 Å². The Hall–Kier alpha value is -2.01. The van der Waals surface area contributed by atoms with Crippen LogP contribution in [-0.4, -0.2) is 5.97 Å². The van der Waals surface area contributed by atoms with Gasteiger partial charge in [-0.1, -0.05) is 57.4 Å². The van der Waals surface area contributed by atoms with Crippen LogP contribution < -0.4 is 4.74 Å². The first-order valence-corrected chi connectivity index (χ1v) is 12.7. The predicted molar refractivity (Wildman–Crippen MR) is 129 cm³/mol. The van der Waals surface area contributed by atoms with Crippen molar-refractivity contribution in [2.75, 3.05) is 0 Å². The van der Waals surface area contributed by atoms with Gasteiger partial charge in [0.1, 0.15) is 5.75 Å². The minimum atomic E-state index is -0.0645. The van der Waals surface area contributed by atoms with Crippen molar-refractivity contribution in [3.05, 3.63) is 42.0 Å². The van der Waals surface area contributed by atoms with Crippen LogP contribution in [0.15, 0.2) is 36.4 Å². The van der Waals surface area contributed by atoms with E-state index in [9.17, 15) is 4.79 Å². The lowest BCUT2D eigenvalue weighted by Gasteiger charge is -2.26. The average Bonchev–Trinajstić information content (AvgIpc) is 2.80. The van der Waals surface area contributed by atoms with Crippen LogP contribution in [0.1, 0.15) is 96.5 Å². The summed E-state index contributed by atoms with van der Waals surface area (Å²) in [5.74, 6) is 9.45. The maximum Gasteiger partial charge on any atom is 0.314 e. The summed E-state index contributed by atoms with van der Waals surface area (Å²) >= 11 is 0. The van der Waals surface area contributed by atoms with E-state index in [2.05, 4.69) is 31.8 Å². The van der Waals surface area contributed by atoms with E-state index in [0.29, 0.717) is 11.7 Å². The highest BCUT2D eigenvalue weighted by molar-refractivity contribution is 5.75. The molecule has 0 aliphatic heterocycles. The quantitative estimate of drug-likeness (QED) is 0.256. The minimum absolute atomic E-state index is 0.0645. The fourth-order valence-corrected chi connectivity index (χ4v) is 5.29. The lowest BCUT2D eigenvalue weighted by molar-refractivity contribution is -0.140. The predicted octanol–water partition coefficient (Wildman–Crippen LogP) is 7.71. The molecule has 0 heterocycles. The molecule has 0 N–H and O–H groups in total. The van der Waals surface area contributed by atoms with Crippen molar-refractivity contribution in [3.8, 4) is 17.6 Å². The zero-order valence-corrected chi connectivity index (χ0v) is 19.6. The Morgan fingerprint density at radius 3 is 2.06 bits per heavy atom. The third-order valence-electron chi connectivity index (χ3n) is 7.21. The van der Waals surface area contributed by atoms with Gasteiger partial charge in [-0.3, -0.25) is 4.79 Å². The molecular weight excluding hydrogens is 380 g/mol. The molecule has 0 unspecified atom stereocenters. The molecule has 0 atom stereocenters. The first-order chi connectivity index (χ1) is 15.2. The van der Waals surface area contributed by atoms with Gasteiger partial charge in [0.2, 0.25) is 0 Å². The van der Waals surface area contributed by atoms with Gasteiger partial charge in [-0.15, -0.1) is 0 Å². The largest absolute Gasteiger partial charge is 0.426 e. The average molecular weight is 421 g/mol. The van der Waals surface area contributed by atoms with E-state index in [1.165, 1.54) is 51.4 Å². The maximum absolute atomic E-state index is 12.5. The Kier molecular flexibility index (Phi) is 9.73. The number of allylic oxidation sites excluding steroid dienone is 2. The highest BCUT2D eigenvalue weighted by Crippen LogP contribution is 2.33. The van der Waals surface area contributed by atoms with Crippen LogP contribution in [0, 0.1) is 35.5 Å². The molecule has 0 saturated heterocycles. The SMILES string of the molecule is CCCC1CCC(C=CC#Cc2ccc(OC(=O)C3CCC(CCC)CC3)cc2)CC1. The molecular formula is C29H40O2. The highest BCUT2D eigenvalue weighted by Gasteiger charge is 2.27. The van der Waals surface area contributed by atoms with E-state index in [1.54, 1.807) is 0 Å². The van der Waals surface area contributed by atoms with Crippen LogP contribution in [0.3, 0.4) is 0 Å². The van der Waals surface area contributed by atoms with Crippen molar-refractivity contribution in [3.63, 3.8) is 0 Å². The van der Waals surface area contributed by atoms with Gasteiger partial charge in [0.15, 0.2) is 0 Å². The van der Waals surface area contributed by atoms with Gasteiger partial charge in [0, 0.05) is 5.56 Å². The van der Waals surface area contributed by atoms with Crippen molar-refractivity contribution in [2.45, 2.75) is 90.9 Å². The van der Waals surface area contributed by atoms with E-state index in [4.69, 9.17) is 4.74 Å². The summed E-state index contributed by atoms with van der Waals surface area (Å²) in [6.45, 7) is 4.53. The van der Waals surface area contributed by atoms with Crippen LogP contribution in [0.2, 0.25) is 0 Å². The fourth-order valence-electron chi connectivity index (χ4n) is 5.29. The second-order valence-corrected chi connectivity index (χ2v) is 9.65. The van der Waals surface area contributed by atoms with Gasteiger partial charge in [-0.25, -0.2) is 0 Å². The van der Waals surface area contributed by atoms with Crippen LogP contribution in [0.5, 0.6) is 5.75 Å². The highest BCUT2D eigenvalue weighted by atomic mass is 16.5. The summed E-state index contributed by atoms with van der Waals surface area (Å²) in [5.41, 5.74) is 0.955. The Labute approximate surface area is 189 Å². The van der Waals surface area contributed by atoms with Gasteiger partial charge in [-0.2, -0.15) is 0 Å². The zero-order chi connectivity index (χ0) is 21.9. The number of benzene rings is 1. The molecule has 0 bridgehead atoms. The molecule has 0 aromatic heterocycles. The van der Waals surface area contributed by atoms with Gasteiger partial charge in [0.25, 0.3) is 0 Å². The second-order valence-electron chi connectivity index (χ2n) is 9.65. The number of carbonyl (C=O) groups excluding carboxylic acids is 1. The molecule has 0 spiro atoms. The summed E-state index contributed by atoms with van der Waals surface area (Å²) in [5, 5.41) is 0. The van der Waals surface area contributed by atoms with Crippen molar-refractivity contribution in [1.29, 1.82) is 0 Å². The van der Waals surface area contributed by atoms with E-state index in [-0.39, 0.29) is 11.9 Å². The van der Waals surface area contributed by atoms with Gasteiger partial charge < -0.3 is 4.74 Å². The first-order valence-electron chi connectivity index (χ1n) is 12.7. The van der Waals surface area contributed by atoms with Crippen molar-refractivity contribution >= 4 is 5.97 Å². The molecule has 2 saturated carbocycles.